The van der Waals surface area contributed by atoms with Gasteiger partial charge >= 0.3 is 17.4 Å². The van der Waals surface area contributed by atoms with Gasteiger partial charge in [-0.2, -0.15) is 0 Å². The molecule has 0 fully saturated rings. The van der Waals surface area contributed by atoms with E-state index in [2.05, 4.69) is 24.8 Å². The molecule has 0 aromatic heterocycles. The van der Waals surface area contributed by atoms with Crippen molar-refractivity contribution < 1.29 is 22.1 Å². The Bertz CT molecular complexity index is 578. The average Bonchev–Trinajstić information content (AvgIpc) is 2.62. The summed E-state index contributed by atoms with van der Waals surface area (Å²) in [6.45, 7) is 14.3. The molecule has 5 nitrogen and oxygen atoms in total. The fourth-order valence-electron chi connectivity index (χ4n) is 3.08. The first-order valence-electron chi connectivity index (χ1n) is 9.50. The van der Waals surface area contributed by atoms with Gasteiger partial charge in [-0.1, -0.05) is 6.07 Å². The fourth-order valence-corrected chi connectivity index (χ4v) is 7.03. The predicted molar refractivity (Wildman–Crippen MR) is 107 cm³/mol. The van der Waals surface area contributed by atoms with Gasteiger partial charge in [-0.25, -0.2) is 0 Å². The van der Waals surface area contributed by atoms with E-state index in [-0.39, 0.29) is 0 Å². The molecule has 0 saturated heterocycles. The molecule has 0 radical (unpaired) electrons. The molecule has 146 valence electrons. The number of fused-ring (bicyclic) bond motifs is 1. The average molecular weight is 397 g/mol. The highest BCUT2D eigenvalue weighted by atomic mass is 28.4. The minimum Gasteiger partial charge on any atom is -0.517 e. The molecule has 2 rings (SSSR count). The third-order valence-electron chi connectivity index (χ3n) is 4.36. The molecule has 7 heteroatoms. The summed E-state index contributed by atoms with van der Waals surface area (Å²) >= 11 is 0. The molecule has 1 aromatic rings. The van der Waals surface area contributed by atoms with Gasteiger partial charge in [0.25, 0.3) is 0 Å². The topological polar surface area (TPSA) is 46.2 Å². The van der Waals surface area contributed by atoms with Gasteiger partial charge in [-0.15, -0.1) is 6.58 Å². The van der Waals surface area contributed by atoms with Crippen molar-refractivity contribution in [2.75, 3.05) is 19.8 Å². The smallest absolute Gasteiger partial charge is 0.500 e. The Balaban J connectivity index is 1.98. The summed E-state index contributed by atoms with van der Waals surface area (Å²) in [7, 11) is -4.79. The van der Waals surface area contributed by atoms with Crippen molar-refractivity contribution in [2.45, 2.75) is 52.8 Å². The highest BCUT2D eigenvalue weighted by Gasteiger charge is 2.39. The van der Waals surface area contributed by atoms with Crippen LogP contribution in [0.3, 0.4) is 0 Å². The van der Waals surface area contributed by atoms with Crippen LogP contribution in [0.5, 0.6) is 5.75 Å². The first-order chi connectivity index (χ1) is 12.5. The van der Waals surface area contributed by atoms with E-state index in [1.54, 1.807) is 0 Å². The number of aryl methyl sites for hydroxylation is 1. The van der Waals surface area contributed by atoms with Crippen molar-refractivity contribution in [1.82, 2.24) is 0 Å². The Morgan fingerprint density at radius 1 is 1.15 bits per heavy atom. The largest absolute Gasteiger partial charge is 0.517 e. The van der Waals surface area contributed by atoms with Gasteiger partial charge in [-0.05, 0) is 63.6 Å². The van der Waals surface area contributed by atoms with Crippen LogP contribution < -0.4 is 4.43 Å². The number of hydrogen-bond donors (Lipinski definition) is 0. The highest BCUT2D eigenvalue weighted by molar-refractivity contribution is 6.72. The molecular weight excluding hydrogens is 364 g/mol. The van der Waals surface area contributed by atoms with E-state index < -0.39 is 17.4 Å². The van der Waals surface area contributed by atoms with Crippen molar-refractivity contribution >= 4 is 17.4 Å². The Morgan fingerprint density at radius 3 is 2.38 bits per heavy atom. The minimum atomic E-state index is -2.56. The zero-order chi connectivity index (χ0) is 19.0. The standard InChI is InChI=1S/C19H32O5Si2/c1-6-20-26(21-7-2,22-8-3)14-10-11-17-12-13-19-18(15-17)16-23-25(5,9-4)24-19/h9,12-13,15H,4,6-8,10-11,14,16H2,1-3,5H3. The Labute approximate surface area is 159 Å². The molecule has 1 unspecified atom stereocenters. The monoisotopic (exact) mass is 396 g/mol. The number of benzene rings is 1. The summed E-state index contributed by atoms with van der Waals surface area (Å²) in [5, 5.41) is 0. The second-order valence-electron chi connectivity index (χ2n) is 6.39. The first-order valence-corrected chi connectivity index (χ1v) is 13.8. The van der Waals surface area contributed by atoms with E-state index in [1.165, 1.54) is 5.56 Å². The van der Waals surface area contributed by atoms with Crippen LogP contribution in [0.1, 0.15) is 38.3 Å². The molecule has 0 N–H and O–H groups in total. The zero-order valence-corrected chi connectivity index (χ0v) is 18.5. The van der Waals surface area contributed by atoms with Gasteiger partial charge in [0.1, 0.15) is 5.75 Å². The van der Waals surface area contributed by atoms with Crippen molar-refractivity contribution in [2.24, 2.45) is 0 Å². The second-order valence-corrected chi connectivity index (χ2v) is 12.1. The number of hydrogen-bond acceptors (Lipinski definition) is 5. The molecular formula is C19H32O5Si2. The van der Waals surface area contributed by atoms with Crippen LogP contribution in [0.4, 0.5) is 0 Å². The van der Waals surface area contributed by atoms with Crippen LogP contribution in [-0.2, 0) is 30.7 Å². The maximum atomic E-state index is 6.02. The van der Waals surface area contributed by atoms with Crippen molar-refractivity contribution in [1.29, 1.82) is 0 Å². The minimum absolute atomic E-state index is 0.591. The van der Waals surface area contributed by atoms with Crippen molar-refractivity contribution in [3.63, 3.8) is 0 Å². The van der Waals surface area contributed by atoms with Crippen LogP contribution in [0, 0.1) is 0 Å². The summed E-state index contributed by atoms with van der Waals surface area (Å²) < 4.78 is 29.7. The molecule has 1 heterocycles. The molecule has 0 spiro atoms. The van der Waals surface area contributed by atoms with Crippen LogP contribution in [0.25, 0.3) is 0 Å². The normalized spacial score (nSPS) is 19.7. The lowest BCUT2D eigenvalue weighted by Gasteiger charge is -2.31. The van der Waals surface area contributed by atoms with Gasteiger partial charge in [0.05, 0.1) is 6.61 Å². The summed E-state index contributed by atoms with van der Waals surface area (Å²) in [6, 6.07) is 7.19. The Morgan fingerprint density at radius 2 is 1.81 bits per heavy atom. The maximum Gasteiger partial charge on any atom is 0.500 e. The predicted octanol–water partition coefficient (Wildman–Crippen LogP) is 4.37. The third kappa shape index (κ3) is 5.51. The van der Waals surface area contributed by atoms with Gasteiger partial charge < -0.3 is 22.1 Å². The van der Waals surface area contributed by atoms with E-state index in [4.69, 9.17) is 22.1 Å². The van der Waals surface area contributed by atoms with E-state index in [0.717, 1.165) is 30.2 Å². The molecule has 1 atom stereocenters. The lowest BCUT2D eigenvalue weighted by molar-refractivity contribution is 0.0708. The Hall–Kier alpha value is -0.966. The molecule has 0 saturated carbocycles. The van der Waals surface area contributed by atoms with Crippen LogP contribution >= 0.6 is 0 Å². The molecule has 0 bridgehead atoms. The summed E-state index contributed by atoms with van der Waals surface area (Å²) in [5.74, 6) is 0.927. The van der Waals surface area contributed by atoms with Gasteiger partial charge in [0.2, 0.25) is 0 Å². The number of rotatable bonds is 11. The molecule has 1 aliphatic rings. The first kappa shape index (κ1) is 21.3. The summed E-state index contributed by atoms with van der Waals surface area (Å²) in [4.78, 5) is 0. The fraction of sp³-hybridized carbons (Fsp3) is 0.579. The van der Waals surface area contributed by atoms with E-state index in [0.29, 0.717) is 26.4 Å². The lowest BCUT2D eigenvalue weighted by atomic mass is 10.1. The maximum absolute atomic E-state index is 6.02. The molecule has 26 heavy (non-hydrogen) atoms. The van der Waals surface area contributed by atoms with Crippen molar-refractivity contribution in [3.8, 4) is 5.75 Å². The molecule has 1 aliphatic heterocycles. The second kappa shape index (κ2) is 9.82. The van der Waals surface area contributed by atoms with Crippen LogP contribution in [-0.4, -0.2) is 37.2 Å². The van der Waals surface area contributed by atoms with E-state index in [9.17, 15) is 0 Å². The quantitative estimate of drug-likeness (QED) is 0.520. The van der Waals surface area contributed by atoms with Gasteiger partial charge in [-0.3, -0.25) is 0 Å². The zero-order valence-electron chi connectivity index (χ0n) is 16.5. The Kier molecular flexibility index (Phi) is 8.06. The van der Waals surface area contributed by atoms with E-state index in [1.807, 2.05) is 33.0 Å². The summed E-state index contributed by atoms with van der Waals surface area (Å²) in [5.41, 5.74) is 4.20. The van der Waals surface area contributed by atoms with Crippen LogP contribution in [0.2, 0.25) is 12.6 Å². The summed E-state index contributed by atoms with van der Waals surface area (Å²) in [6.07, 6.45) is 1.91. The van der Waals surface area contributed by atoms with Crippen LogP contribution in [0.15, 0.2) is 30.5 Å². The molecule has 0 amide bonds. The highest BCUT2D eigenvalue weighted by Crippen LogP contribution is 2.31. The third-order valence-corrected chi connectivity index (χ3v) is 9.60. The molecule has 1 aromatic carbocycles. The SMILES string of the molecule is C=C[Si]1(C)OCc2cc(CCC[Si](OCC)(OCC)OCC)ccc2O1. The molecule has 0 aliphatic carbocycles. The lowest BCUT2D eigenvalue weighted by Crippen LogP contribution is -2.46. The van der Waals surface area contributed by atoms with Crippen molar-refractivity contribution in [3.05, 3.63) is 41.6 Å². The van der Waals surface area contributed by atoms with E-state index >= 15 is 0 Å². The van der Waals surface area contributed by atoms with Gasteiger partial charge in [0, 0.05) is 31.4 Å². The van der Waals surface area contributed by atoms with Gasteiger partial charge in [0.15, 0.2) is 0 Å².